The molecule has 14 heavy (non-hydrogen) atoms. The molecule has 0 heterocycles. The van der Waals surface area contributed by atoms with Crippen molar-refractivity contribution in [1.29, 1.82) is 0 Å². The molecule has 0 saturated heterocycles. The lowest BCUT2D eigenvalue weighted by atomic mass is 10.2. The summed E-state index contributed by atoms with van der Waals surface area (Å²) in [5.74, 6) is -1.10. The van der Waals surface area contributed by atoms with E-state index in [0.717, 1.165) is 0 Å². The van der Waals surface area contributed by atoms with E-state index >= 15 is 0 Å². The molecule has 5 nitrogen and oxygen atoms in total. The lowest BCUT2D eigenvalue weighted by molar-refractivity contribution is -0.145. The molecule has 0 atom stereocenters. The molecule has 0 fully saturated rings. The summed E-state index contributed by atoms with van der Waals surface area (Å²) in [5.41, 5.74) is 0. The average molecular weight is 202 g/mol. The van der Waals surface area contributed by atoms with Crippen LogP contribution in [0.25, 0.3) is 0 Å². The number of hydrogen-bond donors (Lipinski definition) is 2. The summed E-state index contributed by atoms with van der Waals surface area (Å²) in [6, 6.07) is -0.0737. The van der Waals surface area contributed by atoms with E-state index in [1.165, 1.54) is 4.90 Å². The van der Waals surface area contributed by atoms with Crippen LogP contribution in [0.1, 0.15) is 20.3 Å². The van der Waals surface area contributed by atoms with Crippen molar-refractivity contribution in [2.24, 2.45) is 0 Å². The summed E-state index contributed by atoms with van der Waals surface area (Å²) in [4.78, 5) is 23.3. The SMILES string of the molecule is CNCCC(=O)N(CC(=O)O)C(C)C. The summed E-state index contributed by atoms with van der Waals surface area (Å²) in [6.07, 6.45) is 0.335. The molecule has 0 aliphatic rings. The Morgan fingerprint density at radius 2 is 2.00 bits per heavy atom. The van der Waals surface area contributed by atoms with E-state index in [9.17, 15) is 9.59 Å². The molecule has 0 radical (unpaired) electrons. The van der Waals surface area contributed by atoms with Crippen LogP contribution >= 0.6 is 0 Å². The van der Waals surface area contributed by atoms with E-state index < -0.39 is 5.97 Å². The number of rotatable bonds is 6. The van der Waals surface area contributed by atoms with Gasteiger partial charge in [0, 0.05) is 19.0 Å². The minimum absolute atomic E-state index is 0.0737. The highest BCUT2D eigenvalue weighted by molar-refractivity contribution is 5.81. The Hall–Kier alpha value is -1.10. The van der Waals surface area contributed by atoms with Gasteiger partial charge in [0.2, 0.25) is 5.91 Å². The lowest BCUT2D eigenvalue weighted by Crippen LogP contribution is -2.41. The Balaban J connectivity index is 4.19. The number of carboxylic acid groups (broad SMARTS) is 1. The van der Waals surface area contributed by atoms with E-state index in [4.69, 9.17) is 5.11 Å². The van der Waals surface area contributed by atoms with Crippen LogP contribution in [0, 0.1) is 0 Å². The Morgan fingerprint density at radius 1 is 1.43 bits per heavy atom. The Bertz CT molecular complexity index is 204. The van der Waals surface area contributed by atoms with Gasteiger partial charge < -0.3 is 15.3 Å². The van der Waals surface area contributed by atoms with E-state index in [1.807, 2.05) is 0 Å². The number of amides is 1. The van der Waals surface area contributed by atoms with Gasteiger partial charge in [-0.15, -0.1) is 0 Å². The van der Waals surface area contributed by atoms with Gasteiger partial charge in [-0.2, -0.15) is 0 Å². The van der Waals surface area contributed by atoms with Gasteiger partial charge in [0.1, 0.15) is 6.54 Å². The first-order valence-electron chi connectivity index (χ1n) is 4.65. The van der Waals surface area contributed by atoms with Gasteiger partial charge in [-0.25, -0.2) is 0 Å². The number of nitrogens with one attached hydrogen (secondary N) is 1. The van der Waals surface area contributed by atoms with Crippen molar-refractivity contribution in [1.82, 2.24) is 10.2 Å². The largest absolute Gasteiger partial charge is 0.480 e. The number of carbonyl (C=O) groups is 2. The predicted molar refractivity (Wildman–Crippen MR) is 53.0 cm³/mol. The number of hydrogen-bond acceptors (Lipinski definition) is 3. The summed E-state index contributed by atoms with van der Waals surface area (Å²) in [5, 5.41) is 11.4. The maximum Gasteiger partial charge on any atom is 0.323 e. The monoisotopic (exact) mass is 202 g/mol. The fraction of sp³-hybridized carbons (Fsp3) is 0.778. The highest BCUT2D eigenvalue weighted by Crippen LogP contribution is 2.00. The van der Waals surface area contributed by atoms with Crippen molar-refractivity contribution in [3.63, 3.8) is 0 Å². The molecule has 0 saturated carbocycles. The highest BCUT2D eigenvalue weighted by atomic mass is 16.4. The van der Waals surface area contributed by atoms with E-state index in [2.05, 4.69) is 5.32 Å². The van der Waals surface area contributed by atoms with Crippen LogP contribution in [0.15, 0.2) is 0 Å². The molecular formula is C9H18N2O3. The van der Waals surface area contributed by atoms with Crippen LogP contribution in [-0.4, -0.2) is 48.1 Å². The number of carbonyl (C=O) groups excluding carboxylic acids is 1. The second-order valence-electron chi connectivity index (χ2n) is 3.36. The normalized spacial score (nSPS) is 10.3. The molecule has 0 aliphatic carbocycles. The van der Waals surface area contributed by atoms with E-state index in [1.54, 1.807) is 20.9 Å². The molecule has 0 aromatic heterocycles. The third kappa shape index (κ3) is 4.81. The van der Waals surface area contributed by atoms with Gasteiger partial charge in [0.25, 0.3) is 0 Å². The fourth-order valence-corrected chi connectivity index (χ4v) is 1.08. The quantitative estimate of drug-likeness (QED) is 0.632. The molecule has 82 valence electrons. The van der Waals surface area contributed by atoms with Crippen LogP contribution in [0.2, 0.25) is 0 Å². The first-order valence-corrected chi connectivity index (χ1v) is 4.65. The number of nitrogens with zero attached hydrogens (tertiary/aromatic N) is 1. The van der Waals surface area contributed by atoms with E-state index in [0.29, 0.717) is 13.0 Å². The van der Waals surface area contributed by atoms with Gasteiger partial charge in [-0.1, -0.05) is 0 Å². The topological polar surface area (TPSA) is 69.6 Å². The molecule has 0 bridgehead atoms. The van der Waals surface area contributed by atoms with Gasteiger partial charge >= 0.3 is 5.97 Å². The predicted octanol–water partition coefficient (Wildman–Crippen LogP) is -0.0825. The third-order valence-electron chi connectivity index (χ3n) is 1.84. The first-order chi connectivity index (χ1) is 6.49. The summed E-state index contributed by atoms with van der Waals surface area (Å²) < 4.78 is 0. The van der Waals surface area contributed by atoms with Crippen molar-refractivity contribution in [2.45, 2.75) is 26.3 Å². The zero-order valence-electron chi connectivity index (χ0n) is 8.91. The van der Waals surface area contributed by atoms with Crippen molar-refractivity contribution >= 4 is 11.9 Å². The summed E-state index contributed by atoms with van der Waals surface area (Å²) in [7, 11) is 1.75. The van der Waals surface area contributed by atoms with Crippen molar-refractivity contribution in [2.75, 3.05) is 20.1 Å². The van der Waals surface area contributed by atoms with Gasteiger partial charge in [0.15, 0.2) is 0 Å². The number of carboxylic acids is 1. The summed E-state index contributed by atoms with van der Waals surface area (Å²) in [6.45, 7) is 3.96. The molecule has 0 aromatic rings. The Morgan fingerprint density at radius 3 is 2.36 bits per heavy atom. The fourth-order valence-electron chi connectivity index (χ4n) is 1.08. The van der Waals surface area contributed by atoms with Crippen LogP contribution in [0.5, 0.6) is 0 Å². The molecule has 0 rings (SSSR count). The minimum Gasteiger partial charge on any atom is -0.480 e. The zero-order valence-corrected chi connectivity index (χ0v) is 8.91. The maximum atomic E-state index is 11.5. The van der Waals surface area contributed by atoms with Crippen LogP contribution in [-0.2, 0) is 9.59 Å². The minimum atomic E-state index is -0.975. The molecule has 0 unspecified atom stereocenters. The van der Waals surface area contributed by atoms with Crippen LogP contribution in [0.3, 0.4) is 0 Å². The molecule has 2 N–H and O–H groups in total. The zero-order chi connectivity index (χ0) is 11.1. The second kappa shape index (κ2) is 6.37. The smallest absolute Gasteiger partial charge is 0.323 e. The molecule has 5 heteroatoms. The third-order valence-corrected chi connectivity index (χ3v) is 1.84. The lowest BCUT2D eigenvalue weighted by Gasteiger charge is -2.24. The molecular weight excluding hydrogens is 184 g/mol. The van der Waals surface area contributed by atoms with Gasteiger partial charge in [0.05, 0.1) is 0 Å². The Kier molecular flexibility index (Phi) is 5.87. The standard InChI is InChI=1S/C9H18N2O3/c1-7(2)11(6-9(13)14)8(12)4-5-10-3/h7,10H,4-6H2,1-3H3,(H,13,14). The van der Waals surface area contributed by atoms with Crippen molar-refractivity contribution in [3.8, 4) is 0 Å². The van der Waals surface area contributed by atoms with Crippen molar-refractivity contribution in [3.05, 3.63) is 0 Å². The Labute approximate surface area is 84.1 Å². The second-order valence-corrected chi connectivity index (χ2v) is 3.36. The molecule has 0 aromatic carbocycles. The maximum absolute atomic E-state index is 11.5. The molecule has 0 aliphatic heterocycles. The highest BCUT2D eigenvalue weighted by Gasteiger charge is 2.18. The average Bonchev–Trinajstić information content (AvgIpc) is 2.09. The molecule has 1 amide bonds. The summed E-state index contributed by atoms with van der Waals surface area (Å²) >= 11 is 0. The van der Waals surface area contributed by atoms with Gasteiger partial charge in [-0.05, 0) is 20.9 Å². The van der Waals surface area contributed by atoms with Crippen LogP contribution in [0.4, 0.5) is 0 Å². The van der Waals surface area contributed by atoms with E-state index in [-0.39, 0.29) is 18.5 Å². The molecule has 0 spiro atoms. The van der Waals surface area contributed by atoms with Crippen molar-refractivity contribution < 1.29 is 14.7 Å². The van der Waals surface area contributed by atoms with Gasteiger partial charge in [-0.3, -0.25) is 9.59 Å². The van der Waals surface area contributed by atoms with Crippen LogP contribution < -0.4 is 5.32 Å². The number of aliphatic carboxylic acids is 1. The first kappa shape index (κ1) is 12.9.